The summed E-state index contributed by atoms with van der Waals surface area (Å²) in [7, 11) is 0. The van der Waals surface area contributed by atoms with Crippen molar-refractivity contribution in [3.63, 3.8) is 0 Å². The molecular weight excluding hydrogens is 344 g/mol. The van der Waals surface area contributed by atoms with Gasteiger partial charge in [-0.2, -0.15) is 0 Å². The molecule has 8 atom stereocenters. The second-order valence-corrected chi connectivity index (χ2v) is 11.5. The number of ether oxygens (including phenoxy) is 1. The van der Waals surface area contributed by atoms with Gasteiger partial charge in [0.25, 0.3) is 0 Å². The maximum Gasteiger partial charge on any atom is 0.305 e. The van der Waals surface area contributed by atoms with E-state index in [-0.39, 0.29) is 5.97 Å². The molecule has 0 bridgehead atoms. The van der Waals surface area contributed by atoms with Crippen LogP contribution in [0.3, 0.4) is 0 Å². The Morgan fingerprint density at radius 3 is 2.54 bits per heavy atom. The third-order valence-electron chi connectivity index (χ3n) is 10.5. The van der Waals surface area contributed by atoms with Crippen molar-refractivity contribution < 1.29 is 9.53 Å². The van der Waals surface area contributed by atoms with Gasteiger partial charge in [0.15, 0.2) is 0 Å². The van der Waals surface area contributed by atoms with Crippen LogP contribution in [0.25, 0.3) is 0 Å². The first kappa shape index (κ1) is 20.7. The average Bonchev–Trinajstić information content (AvgIpc) is 3.03. The van der Waals surface area contributed by atoms with Gasteiger partial charge in [-0.25, -0.2) is 0 Å². The second kappa shape index (κ2) is 7.95. The van der Waals surface area contributed by atoms with E-state index >= 15 is 0 Å². The van der Waals surface area contributed by atoms with E-state index in [9.17, 15) is 4.79 Å². The molecule has 0 aliphatic heterocycles. The monoisotopic (exact) mass is 388 g/mol. The summed E-state index contributed by atoms with van der Waals surface area (Å²) < 4.78 is 5.18. The Kier molecular flexibility index (Phi) is 5.89. The summed E-state index contributed by atoms with van der Waals surface area (Å²) in [6.45, 7) is 10.2. The van der Waals surface area contributed by atoms with E-state index in [1.165, 1.54) is 64.2 Å². The predicted molar refractivity (Wildman–Crippen MR) is 115 cm³/mol. The van der Waals surface area contributed by atoms with Gasteiger partial charge in [0.2, 0.25) is 0 Å². The Labute approximate surface area is 173 Å². The minimum Gasteiger partial charge on any atom is -0.466 e. The maximum atomic E-state index is 11.9. The Hall–Kier alpha value is -0.530. The smallest absolute Gasteiger partial charge is 0.305 e. The third kappa shape index (κ3) is 3.35. The van der Waals surface area contributed by atoms with Crippen LogP contribution in [0.5, 0.6) is 0 Å². The Morgan fingerprint density at radius 2 is 1.75 bits per heavy atom. The van der Waals surface area contributed by atoms with Crippen LogP contribution >= 0.6 is 0 Å². The Balaban J connectivity index is 1.45. The molecule has 160 valence electrons. The van der Waals surface area contributed by atoms with Crippen molar-refractivity contribution in [1.82, 2.24) is 0 Å². The molecule has 4 rings (SSSR count). The topological polar surface area (TPSA) is 26.3 Å². The first-order valence-electron chi connectivity index (χ1n) is 12.6. The molecule has 0 spiro atoms. The van der Waals surface area contributed by atoms with E-state index in [1.54, 1.807) is 0 Å². The lowest BCUT2D eigenvalue weighted by atomic mass is 9.44. The lowest BCUT2D eigenvalue weighted by Crippen LogP contribution is -2.53. The number of rotatable bonds is 5. The number of hydrogen-bond donors (Lipinski definition) is 0. The molecule has 1 unspecified atom stereocenters. The Morgan fingerprint density at radius 1 is 0.964 bits per heavy atom. The normalized spacial score (nSPS) is 46.2. The molecule has 4 aliphatic rings. The van der Waals surface area contributed by atoms with E-state index in [0.717, 1.165) is 36.0 Å². The molecule has 4 aliphatic carbocycles. The first-order chi connectivity index (χ1) is 13.4. The SMILES string of the molecule is CCOC(=O)CC[C@@H](C)[C@H]1CC[C@H]2[C@@H]3CCC4CCCC[C@]4(C)[C@H]3CC[C@]12C. The van der Waals surface area contributed by atoms with Crippen molar-refractivity contribution >= 4 is 5.97 Å². The van der Waals surface area contributed by atoms with Crippen LogP contribution in [0.1, 0.15) is 105 Å². The van der Waals surface area contributed by atoms with Crippen LogP contribution in [0.4, 0.5) is 0 Å². The summed E-state index contributed by atoms with van der Waals surface area (Å²) in [5.74, 6) is 5.41. The van der Waals surface area contributed by atoms with Crippen LogP contribution < -0.4 is 0 Å². The number of carbonyl (C=O) groups excluding carboxylic acids is 1. The van der Waals surface area contributed by atoms with Crippen LogP contribution in [-0.4, -0.2) is 12.6 Å². The molecule has 4 saturated carbocycles. The highest BCUT2D eigenvalue weighted by molar-refractivity contribution is 5.69. The van der Waals surface area contributed by atoms with Crippen molar-refractivity contribution in [2.24, 2.45) is 46.3 Å². The lowest BCUT2D eigenvalue weighted by Gasteiger charge is -2.61. The molecular formula is C26H44O2. The quantitative estimate of drug-likeness (QED) is 0.473. The highest BCUT2D eigenvalue weighted by Gasteiger charge is 2.60. The minimum absolute atomic E-state index is 0.00121. The van der Waals surface area contributed by atoms with Gasteiger partial charge in [-0.3, -0.25) is 4.79 Å². The predicted octanol–water partition coefficient (Wildman–Crippen LogP) is 7.01. The fraction of sp³-hybridized carbons (Fsp3) is 0.962. The number of hydrogen-bond acceptors (Lipinski definition) is 2. The van der Waals surface area contributed by atoms with Gasteiger partial charge < -0.3 is 4.74 Å². The van der Waals surface area contributed by atoms with Gasteiger partial charge in [0, 0.05) is 6.42 Å². The van der Waals surface area contributed by atoms with Crippen molar-refractivity contribution in [3.05, 3.63) is 0 Å². The molecule has 0 aromatic rings. The number of fused-ring (bicyclic) bond motifs is 5. The number of carbonyl (C=O) groups is 1. The fourth-order valence-corrected chi connectivity index (χ4v) is 9.05. The van der Waals surface area contributed by atoms with E-state index in [2.05, 4.69) is 20.8 Å². The van der Waals surface area contributed by atoms with E-state index < -0.39 is 0 Å². The van der Waals surface area contributed by atoms with E-state index in [0.29, 0.717) is 29.8 Å². The molecule has 4 fully saturated rings. The molecule has 0 radical (unpaired) electrons. The fourth-order valence-electron chi connectivity index (χ4n) is 9.05. The minimum atomic E-state index is 0.00121. The molecule has 0 amide bonds. The summed E-state index contributed by atoms with van der Waals surface area (Å²) in [6, 6.07) is 0. The standard InChI is InChI=1S/C26H44O2/c1-5-28-24(27)14-9-18(2)21-12-13-22-20-11-10-19-8-6-7-16-25(19,3)23(20)15-17-26(21,22)4/h18-23H,5-17H2,1-4H3/t18-,19?,20+,21-,22+,23+,25+,26-/m1/s1. The molecule has 28 heavy (non-hydrogen) atoms. The zero-order chi connectivity index (χ0) is 19.9. The van der Waals surface area contributed by atoms with Gasteiger partial charge in [0.1, 0.15) is 0 Å². The molecule has 0 saturated heterocycles. The van der Waals surface area contributed by atoms with Gasteiger partial charge in [-0.15, -0.1) is 0 Å². The zero-order valence-corrected chi connectivity index (χ0v) is 19.0. The van der Waals surface area contributed by atoms with Crippen LogP contribution in [-0.2, 0) is 9.53 Å². The second-order valence-electron chi connectivity index (χ2n) is 11.5. The summed E-state index contributed by atoms with van der Waals surface area (Å²) in [4.78, 5) is 11.9. The summed E-state index contributed by atoms with van der Waals surface area (Å²) in [6.07, 6.45) is 16.4. The van der Waals surface area contributed by atoms with E-state index in [1.807, 2.05) is 6.92 Å². The van der Waals surface area contributed by atoms with Crippen molar-refractivity contribution in [3.8, 4) is 0 Å². The van der Waals surface area contributed by atoms with Crippen molar-refractivity contribution in [1.29, 1.82) is 0 Å². The lowest BCUT2D eigenvalue weighted by molar-refractivity contribution is -0.143. The molecule has 2 nitrogen and oxygen atoms in total. The van der Waals surface area contributed by atoms with Crippen molar-refractivity contribution in [2.75, 3.05) is 6.61 Å². The third-order valence-corrected chi connectivity index (χ3v) is 10.5. The number of esters is 1. The largest absolute Gasteiger partial charge is 0.466 e. The van der Waals surface area contributed by atoms with Gasteiger partial charge in [0.05, 0.1) is 6.61 Å². The van der Waals surface area contributed by atoms with Crippen LogP contribution in [0, 0.1) is 46.3 Å². The van der Waals surface area contributed by atoms with Crippen LogP contribution in [0.2, 0.25) is 0 Å². The highest BCUT2D eigenvalue weighted by atomic mass is 16.5. The summed E-state index contributed by atoms with van der Waals surface area (Å²) in [5.41, 5.74) is 1.17. The van der Waals surface area contributed by atoms with Crippen LogP contribution in [0.15, 0.2) is 0 Å². The average molecular weight is 389 g/mol. The van der Waals surface area contributed by atoms with E-state index in [4.69, 9.17) is 4.74 Å². The van der Waals surface area contributed by atoms with Gasteiger partial charge in [-0.05, 0) is 111 Å². The summed E-state index contributed by atoms with van der Waals surface area (Å²) in [5, 5.41) is 0. The Bertz CT molecular complexity index is 571. The molecule has 2 heteroatoms. The first-order valence-corrected chi connectivity index (χ1v) is 12.6. The van der Waals surface area contributed by atoms with Gasteiger partial charge >= 0.3 is 5.97 Å². The molecule has 0 heterocycles. The molecule has 0 aromatic heterocycles. The highest BCUT2D eigenvalue weighted by Crippen LogP contribution is 2.68. The molecule has 0 aromatic carbocycles. The maximum absolute atomic E-state index is 11.9. The van der Waals surface area contributed by atoms with Gasteiger partial charge in [-0.1, -0.05) is 33.6 Å². The summed E-state index contributed by atoms with van der Waals surface area (Å²) >= 11 is 0. The van der Waals surface area contributed by atoms with Crippen molar-refractivity contribution in [2.45, 2.75) is 105 Å². The zero-order valence-electron chi connectivity index (χ0n) is 19.0. The molecule has 0 N–H and O–H groups in total.